The zero-order valence-corrected chi connectivity index (χ0v) is 16.4. The molecule has 0 saturated heterocycles. The number of hydrogen-bond acceptors (Lipinski definition) is 6. The standard InChI is InChI=1S/C20H26N4O3/c1-5-23(6-2)20(25)16-11-22-19(12-21-16)24-8-7-14-9-17(26-3)18(27-4)10-15(14)13-24/h9-12H,5-8,13H2,1-4H3. The largest absolute Gasteiger partial charge is 0.493 e. The van der Waals surface area contributed by atoms with Crippen LogP contribution in [0.1, 0.15) is 35.5 Å². The van der Waals surface area contributed by atoms with Crippen molar-refractivity contribution in [2.45, 2.75) is 26.8 Å². The predicted octanol–water partition coefficient (Wildman–Crippen LogP) is 2.54. The molecule has 0 atom stereocenters. The summed E-state index contributed by atoms with van der Waals surface area (Å²) in [6.07, 6.45) is 4.14. The maximum atomic E-state index is 12.4. The number of fused-ring (bicyclic) bond motifs is 1. The van der Waals surface area contributed by atoms with E-state index in [-0.39, 0.29) is 5.91 Å². The van der Waals surface area contributed by atoms with E-state index in [1.807, 2.05) is 26.0 Å². The molecule has 1 aliphatic rings. The second-order valence-electron chi connectivity index (χ2n) is 6.38. The molecule has 3 rings (SSSR count). The topological polar surface area (TPSA) is 67.8 Å². The van der Waals surface area contributed by atoms with E-state index in [2.05, 4.69) is 14.9 Å². The lowest BCUT2D eigenvalue weighted by Crippen LogP contribution is -2.33. The Balaban J connectivity index is 1.78. The smallest absolute Gasteiger partial charge is 0.274 e. The van der Waals surface area contributed by atoms with Crippen LogP contribution in [0.15, 0.2) is 24.5 Å². The summed E-state index contributed by atoms with van der Waals surface area (Å²) in [7, 11) is 3.29. The molecule has 1 aromatic heterocycles. The molecule has 7 nitrogen and oxygen atoms in total. The van der Waals surface area contributed by atoms with Crippen molar-refractivity contribution >= 4 is 11.7 Å². The summed E-state index contributed by atoms with van der Waals surface area (Å²) in [5, 5.41) is 0. The summed E-state index contributed by atoms with van der Waals surface area (Å²) >= 11 is 0. The van der Waals surface area contributed by atoms with Gasteiger partial charge in [0.1, 0.15) is 11.5 Å². The highest BCUT2D eigenvalue weighted by atomic mass is 16.5. The van der Waals surface area contributed by atoms with Crippen LogP contribution in [0, 0.1) is 0 Å². The molecule has 7 heteroatoms. The van der Waals surface area contributed by atoms with Crippen LogP contribution in [0.25, 0.3) is 0 Å². The third kappa shape index (κ3) is 3.82. The SMILES string of the molecule is CCN(CC)C(=O)c1cnc(N2CCc3cc(OC)c(OC)cc3C2)cn1. The van der Waals surface area contributed by atoms with E-state index in [4.69, 9.17) is 9.47 Å². The third-order valence-corrected chi connectivity index (χ3v) is 4.95. The van der Waals surface area contributed by atoms with Crippen LogP contribution < -0.4 is 14.4 Å². The van der Waals surface area contributed by atoms with Crippen LogP contribution in [0.5, 0.6) is 11.5 Å². The van der Waals surface area contributed by atoms with Crippen molar-refractivity contribution in [1.29, 1.82) is 0 Å². The highest BCUT2D eigenvalue weighted by Gasteiger charge is 2.21. The van der Waals surface area contributed by atoms with Crippen LogP contribution in [0.4, 0.5) is 5.82 Å². The van der Waals surface area contributed by atoms with Gasteiger partial charge in [-0.25, -0.2) is 9.97 Å². The number of benzene rings is 1. The lowest BCUT2D eigenvalue weighted by atomic mass is 9.99. The van der Waals surface area contributed by atoms with Crippen LogP contribution in [0.2, 0.25) is 0 Å². The summed E-state index contributed by atoms with van der Waals surface area (Å²) in [5.41, 5.74) is 2.82. The van der Waals surface area contributed by atoms with Gasteiger partial charge in [-0.05, 0) is 43.5 Å². The van der Waals surface area contributed by atoms with Gasteiger partial charge in [0, 0.05) is 26.2 Å². The minimum absolute atomic E-state index is 0.0835. The van der Waals surface area contributed by atoms with Gasteiger partial charge in [0.25, 0.3) is 5.91 Å². The minimum Gasteiger partial charge on any atom is -0.493 e. The van der Waals surface area contributed by atoms with E-state index in [9.17, 15) is 4.79 Å². The number of methoxy groups -OCH3 is 2. The molecule has 0 unspecified atom stereocenters. The Labute approximate surface area is 159 Å². The van der Waals surface area contributed by atoms with Crippen molar-refractivity contribution in [2.75, 3.05) is 38.8 Å². The van der Waals surface area contributed by atoms with Crippen molar-refractivity contribution in [2.24, 2.45) is 0 Å². The van der Waals surface area contributed by atoms with Gasteiger partial charge in [0.05, 0.1) is 26.6 Å². The monoisotopic (exact) mass is 370 g/mol. The molecule has 0 spiro atoms. The Morgan fingerprint density at radius 2 is 1.74 bits per heavy atom. The molecule has 0 radical (unpaired) electrons. The number of ether oxygens (including phenoxy) is 2. The molecule has 0 fully saturated rings. The van der Waals surface area contributed by atoms with Gasteiger partial charge in [-0.15, -0.1) is 0 Å². The van der Waals surface area contributed by atoms with Gasteiger partial charge in [-0.3, -0.25) is 4.79 Å². The first-order chi connectivity index (χ1) is 13.1. The normalized spacial score (nSPS) is 13.1. The van der Waals surface area contributed by atoms with E-state index in [0.29, 0.717) is 25.3 Å². The second kappa shape index (κ2) is 8.24. The number of carbonyl (C=O) groups excluding carboxylic acids is 1. The van der Waals surface area contributed by atoms with Crippen molar-refractivity contribution < 1.29 is 14.3 Å². The Bertz CT molecular complexity index is 804. The molecular weight excluding hydrogens is 344 g/mol. The lowest BCUT2D eigenvalue weighted by molar-refractivity contribution is 0.0766. The zero-order valence-electron chi connectivity index (χ0n) is 16.4. The molecule has 0 N–H and O–H groups in total. The molecular formula is C20H26N4O3. The van der Waals surface area contributed by atoms with E-state index in [1.165, 1.54) is 11.1 Å². The molecule has 1 aliphatic heterocycles. The summed E-state index contributed by atoms with van der Waals surface area (Å²) < 4.78 is 10.8. The van der Waals surface area contributed by atoms with E-state index < -0.39 is 0 Å². The molecule has 2 heterocycles. The fraction of sp³-hybridized carbons (Fsp3) is 0.450. The van der Waals surface area contributed by atoms with E-state index in [0.717, 1.165) is 30.3 Å². The molecule has 2 aromatic rings. The average molecular weight is 370 g/mol. The number of rotatable bonds is 6. The number of aromatic nitrogens is 2. The van der Waals surface area contributed by atoms with Crippen molar-refractivity contribution in [1.82, 2.24) is 14.9 Å². The molecule has 1 amide bonds. The maximum absolute atomic E-state index is 12.4. The predicted molar refractivity (Wildman–Crippen MR) is 104 cm³/mol. The molecule has 144 valence electrons. The Morgan fingerprint density at radius 3 is 2.30 bits per heavy atom. The van der Waals surface area contributed by atoms with E-state index >= 15 is 0 Å². The van der Waals surface area contributed by atoms with Crippen molar-refractivity contribution in [3.63, 3.8) is 0 Å². The number of anilines is 1. The Hall–Kier alpha value is -2.83. The summed E-state index contributed by atoms with van der Waals surface area (Å²) in [6, 6.07) is 4.06. The van der Waals surface area contributed by atoms with Crippen molar-refractivity contribution in [3.8, 4) is 11.5 Å². The Morgan fingerprint density at radius 1 is 1.07 bits per heavy atom. The third-order valence-electron chi connectivity index (χ3n) is 4.95. The molecule has 27 heavy (non-hydrogen) atoms. The van der Waals surface area contributed by atoms with Crippen LogP contribution >= 0.6 is 0 Å². The summed E-state index contributed by atoms with van der Waals surface area (Å²) in [4.78, 5) is 25.1. The minimum atomic E-state index is -0.0835. The first-order valence-corrected chi connectivity index (χ1v) is 9.21. The van der Waals surface area contributed by atoms with E-state index in [1.54, 1.807) is 31.5 Å². The first-order valence-electron chi connectivity index (χ1n) is 9.21. The van der Waals surface area contributed by atoms with Gasteiger partial charge in [0.2, 0.25) is 0 Å². The maximum Gasteiger partial charge on any atom is 0.274 e. The zero-order chi connectivity index (χ0) is 19.4. The fourth-order valence-electron chi connectivity index (χ4n) is 3.35. The fourth-order valence-corrected chi connectivity index (χ4v) is 3.35. The molecule has 0 saturated carbocycles. The van der Waals surface area contributed by atoms with Crippen LogP contribution in [0.3, 0.4) is 0 Å². The molecule has 1 aromatic carbocycles. The van der Waals surface area contributed by atoms with Gasteiger partial charge in [-0.2, -0.15) is 0 Å². The average Bonchev–Trinajstić information content (AvgIpc) is 2.73. The van der Waals surface area contributed by atoms with Gasteiger partial charge in [-0.1, -0.05) is 0 Å². The molecule has 0 bridgehead atoms. The highest BCUT2D eigenvalue weighted by Crippen LogP contribution is 2.34. The summed E-state index contributed by atoms with van der Waals surface area (Å²) in [6.45, 7) is 6.78. The lowest BCUT2D eigenvalue weighted by Gasteiger charge is -2.30. The van der Waals surface area contributed by atoms with Crippen LogP contribution in [-0.2, 0) is 13.0 Å². The van der Waals surface area contributed by atoms with Gasteiger partial charge >= 0.3 is 0 Å². The van der Waals surface area contributed by atoms with Gasteiger partial charge < -0.3 is 19.3 Å². The van der Waals surface area contributed by atoms with Crippen molar-refractivity contribution in [3.05, 3.63) is 41.3 Å². The first kappa shape index (κ1) is 18.9. The Kier molecular flexibility index (Phi) is 5.78. The van der Waals surface area contributed by atoms with Gasteiger partial charge in [0.15, 0.2) is 11.5 Å². The quantitative estimate of drug-likeness (QED) is 0.778. The molecule has 0 aliphatic carbocycles. The summed E-state index contributed by atoms with van der Waals surface area (Å²) in [5.74, 6) is 2.17. The highest BCUT2D eigenvalue weighted by molar-refractivity contribution is 5.92. The number of nitrogens with zero attached hydrogens (tertiary/aromatic N) is 4. The number of carbonyl (C=O) groups is 1. The van der Waals surface area contributed by atoms with Crippen LogP contribution in [-0.4, -0.2) is 54.6 Å². The number of amides is 1. The number of hydrogen-bond donors (Lipinski definition) is 0. The second-order valence-corrected chi connectivity index (χ2v) is 6.38.